The Hall–Kier alpha value is -3.56. The molecule has 0 saturated heterocycles. The zero-order chi connectivity index (χ0) is 40.6. The van der Waals surface area contributed by atoms with Crippen LogP contribution in [0.3, 0.4) is 0 Å². The van der Waals surface area contributed by atoms with Crippen molar-refractivity contribution in [3.8, 4) is 0 Å². The van der Waals surface area contributed by atoms with Gasteiger partial charge in [0, 0.05) is 45.0 Å². The predicted molar refractivity (Wildman–Crippen MR) is 251 cm³/mol. The zero-order valence-electron chi connectivity index (χ0n) is 37.7. The highest BCUT2D eigenvalue weighted by molar-refractivity contribution is 6.10. The highest BCUT2D eigenvalue weighted by Crippen LogP contribution is 2.44. The summed E-state index contributed by atoms with van der Waals surface area (Å²) < 4.78 is 1.03. The molecule has 0 N–H and O–H groups in total. The van der Waals surface area contributed by atoms with Crippen molar-refractivity contribution >= 4 is 21.5 Å². The molecule has 3 aromatic carbocycles. The molecule has 10 rings (SSSR count). The van der Waals surface area contributed by atoms with Gasteiger partial charge in [-0.25, -0.2) is 0 Å². The smallest absolute Gasteiger partial charge is 0.107 e. The number of rotatable bonds is 8. The standard InChI is InChI=1S/C56H76N3/c1-41(2)33-55-43-25-17-13-9-5-7-11-15-19-31-53(57-55)45(35-43)37-59(39-51-49-29-23-21-27-47(49)48-28-22-24-30-50(48)52(51)40-59)38-46-36-44-26-18-14-10-6-8-12-16-20-32-54(46)58-56(44)34-42(3)4/h21-24,27-30,35-36,41-42H,5-20,25-26,31-34,37-40H2,1-4H3/q+1. The number of hydrogen-bond acceptors (Lipinski definition) is 2. The van der Waals surface area contributed by atoms with Gasteiger partial charge in [-0.05, 0) is 121 Å². The molecule has 3 heteroatoms. The molecular formula is C56H76N3+. The average molecular weight is 791 g/mol. The van der Waals surface area contributed by atoms with Gasteiger partial charge in [0.1, 0.15) is 26.2 Å². The van der Waals surface area contributed by atoms with E-state index in [0.717, 1.165) is 56.3 Å². The van der Waals surface area contributed by atoms with Crippen LogP contribution in [0.15, 0.2) is 60.7 Å². The summed E-state index contributed by atoms with van der Waals surface area (Å²) in [5.74, 6) is 1.22. The van der Waals surface area contributed by atoms with E-state index in [1.807, 2.05) is 0 Å². The van der Waals surface area contributed by atoms with E-state index in [-0.39, 0.29) is 0 Å². The fraction of sp³-hybridized carbons (Fsp3) is 0.571. The summed E-state index contributed by atoms with van der Waals surface area (Å²) in [6, 6.07) is 24.0. The molecule has 2 aliphatic carbocycles. The molecule has 2 aromatic heterocycles. The first-order valence-electron chi connectivity index (χ1n) is 24.6. The maximum Gasteiger partial charge on any atom is 0.107 e. The Balaban J connectivity index is 1.28. The lowest BCUT2D eigenvalue weighted by Gasteiger charge is -2.36. The minimum absolute atomic E-state index is 0.611. The molecule has 0 amide bonds. The van der Waals surface area contributed by atoms with Crippen LogP contribution in [0.5, 0.6) is 0 Å². The molecule has 3 nitrogen and oxygen atoms in total. The van der Waals surface area contributed by atoms with E-state index in [1.165, 1.54) is 160 Å². The molecule has 5 aromatic rings. The van der Waals surface area contributed by atoms with Crippen molar-refractivity contribution < 1.29 is 4.48 Å². The Labute approximate surface area is 358 Å². The fourth-order valence-electron chi connectivity index (χ4n) is 11.3. The second-order valence-corrected chi connectivity index (χ2v) is 20.3. The molecule has 5 aliphatic rings. The summed E-state index contributed by atoms with van der Waals surface area (Å²) >= 11 is 0. The SMILES string of the molecule is CC(C)Cc1nc2c(C[N+]3(Cc4cc5c(CC(C)C)nc4CCCCCCCCCC5)Cc4c(c5ccccc5c5ccccc45)C3)cc1CCCCCCCCCC2. The molecule has 0 spiro atoms. The van der Waals surface area contributed by atoms with Crippen LogP contribution in [0.1, 0.15) is 187 Å². The first kappa shape index (κ1) is 42.1. The molecule has 314 valence electrons. The summed E-state index contributed by atoms with van der Waals surface area (Å²) in [6.07, 6.45) is 28.3. The van der Waals surface area contributed by atoms with Crippen molar-refractivity contribution in [3.05, 3.63) is 117 Å². The van der Waals surface area contributed by atoms with Crippen LogP contribution in [-0.2, 0) is 64.7 Å². The van der Waals surface area contributed by atoms with E-state index in [9.17, 15) is 0 Å². The number of quaternary nitrogens is 1. The van der Waals surface area contributed by atoms with Crippen molar-refractivity contribution in [1.82, 2.24) is 9.97 Å². The molecule has 4 bridgehead atoms. The van der Waals surface area contributed by atoms with Crippen molar-refractivity contribution in [2.75, 3.05) is 0 Å². The van der Waals surface area contributed by atoms with Gasteiger partial charge in [0.2, 0.25) is 0 Å². The molecule has 3 aliphatic heterocycles. The summed E-state index contributed by atoms with van der Waals surface area (Å²) in [5.41, 5.74) is 15.0. The van der Waals surface area contributed by atoms with Crippen LogP contribution in [-0.4, -0.2) is 14.5 Å². The van der Waals surface area contributed by atoms with E-state index in [2.05, 4.69) is 88.4 Å². The van der Waals surface area contributed by atoms with Crippen LogP contribution in [0, 0.1) is 11.8 Å². The van der Waals surface area contributed by atoms with E-state index in [1.54, 1.807) is 33.4 Å². The Morgan fingerprint density at radius 2 is 0.780 bits per heavy atom. The fourth-order valence-corrected chi connectivity index (χ4v) is 11.3. The van der Waals surface area contributed by atoms with E-state index >= 15 is 0 Å². The normalized spacial score (nSPS) is 18.4. The number of pyridine rings is 2. The molecular weight excluding hydrogens is 715 g/mol. The maximum absolute atomic E-state index is 5.76. The highest BCUT2D eigenvalue weighted by atomic mass is 15.4. The molecule has 0 atom stereocenters. The summed E-state index contributed by atoms with van der Waals surface area (Å²) in [7, 11) is 0. The quantitative estimate of drug-likeness (QED) is 0.116. The Bertz CT molecular complexity index is 2020. The maximum atomic E-state index is 5.76. The summed E-state index contributed by atoms with van der Waals surface area (Å²) in [4.78, 5) is 11.5. The number of nitrogens with zero attached hydrogens (tertiary/aromatic N) is 3. The van der Waals surface area contributed by atoms with Crippen LogP contribution in [0.25, 0.3) is 21.5 Å². The largest absolute Gasteiger partial charge is 0.308 e. The van der Waals surface area contributed by atoms with Crippen molar-refractivity contribution in [2.24, 2.45) is 11.8 Å². The zero-order valence-corrected chi connectivity index (χ0v) is 37.7. The Kier molecular flexibility index (Phi) is 14.2. The van der Waals surface area contributed by atoms with Crippen LogP contribution < -0.4 is 0 Å². The van der Waals surface area contributed by atoms with Gasteiger partial charge in [-0.1, -0.05) is 153 Å². The average Bonchev–Trinajstić information content (AvgIpc) is 3.60. The van der Waals surface area contributed by atoms with Gasteiger partial charge >= 0.3 is 0 Å². The topological polar surface area (TPSA) is 25.8 Å². The molecule has 0 radical (unpaired) electrons. The second-order valence-electron chi connectivity index (χ2n) is 20.3. The highest BCUT2D eigenvalue weighted by Gasteiger charge is 2.40. The lowest BCUT2D eigenvalue weighted by Crippen LogP contribution is -2.42. The van der Waals surface area contributed by atoms with Crippen LogP contribution >= 0.6 is 0 Å². The number of fused-ring (bicyclic) bond motifs is 28. The molecule has 0 saturated carbocycles. The first-order chi connectivity index (χ1) is 28.9. The van der Waals surface area contributed by atoms with Gasteiger partial charge in [0.15, 0.2) is 0 Å². The molecule has 5 heterocycles. The van der Waals surface area contributed by atoms with Gasteiger partial charge in [0.05, 0.1) is 0 Å². The van der Waals surface area contributed by atoms with Gasteiger partial charge < -0.3 is 4.48 Å². The van der Waals surface area contributed by atoms with E-state index in [4.69, 9.17) is 9.97 Å². The Morgan fingerprint density at radius 1 is 0.441 bits per heavy atom. The third-order valence-corrected chi connectivity index (χ3v) is 14.3. The number of aryl methyl sites for hydroxylation is 4. The van der Waals surface area contributed by atoms with Gasteiger partial charge in [-0.15, -0.1) is 0 Å². The lowest BCUT2D eigenvalue weighted by atomic mass is 9.93. The third-order valence-electron chi connectivity index (χ3n) is 14.3. The van der Waals surface area contributed by atoms with Gasteiger partial charge in [-0.2, -0.15) is 0 Å². The van der Waals surface area contributed by atoms with Crippen molar-refractivity contribution in [3.63, 3.8) is 0 Å². The van der Waals surface area contributed by atoms with E-state index in [0.29, 0.717) is 11.8 Å². The number of aromatic nitrogens is 2. The number of benzene rings is 3. The van der Waals surface area contributed by atoms with Gasteiger partial charge in [-0.3, -0.25) is 9.97 Å². The lowest BCUT2D eigenvalue weighted by molar-refractivity contribution is -0.972. The van der Waals surface area contributed by atoms with Crippen LogP contribution in [0.4, 0.5) is 0 Å². The van der Waals surface area contributed by atoms with Crippen molar-refractivity contribution in [2.45, 2.75) is 195 Å². The predicted octanol–water partition coefficient (Wildman–Crippen LogP) is 14.8. The molecule has 0 unspecified atom stereocenters. The molecule has 0 fully saturated rings. The molecule has 59 heavy (non-hydrogen) atoms. The third kappa shape index (κ3) is 10.3. The van der Waals surface area contributed by atoms with Crippen LogP contribution in [0.2, 0.25) is 0 Å². The summed E-state index contributed by atoms with van der Waals surface area (Å²) in [6.45, 7) is 13.7. The second kappa shape index (κ2) is 19.9. The number of hydrogen-bond donors (Lipinski definition) is 0. The van der Waals surface area contributed by atoms with Gasteiger partial charge in [0.25, 0.3) is 0 Å². The monoisotopic (exact) mass is 791 g/mol. The minimum atomic E-state index is 0.611. The van der Waals surface area contributed by atoms with Crippen molar-refractivity contribution in [1.29, 1.82) is 0 Å². The summed E-state index contributed by atoms with van der Waals surface area (Å²) in [5, 5.41) is 5.75. The first-order valence-corrected chi connectivity index (χ1v) is 24.6. The minimum Gasteiger partial charge on any atom is -0.308 e. The van der Waals surface area contributed by atoms with E-state index < -0.39 is 0 Å². The Morgan fingerprint density at radius 3 is 1.15 bits per heavy atom.